The summed E-state index contributed by atoms with van der Waals surface area (Å²) in [6.45, 7) is -0.0392. The second-order valence-electron chi connectivity index (χ2n) is 4.46. The number of aromatic amines is 2. The lowest BCUT2D eigenvalue weighted by molar-refractivity contribution is 0.361. The molecule has 0 bridgehead atoms. The van der Waals surface area contributed by atoms with E-state index in [0.717, 1.165) is 0 Å². The van der Waals surface area contributed by atoms with Crippen LogP contribution in [-0.4, -0.2) is 28.7 Å². The smallest absolute Gasteiger partial charge is 0.276 e. The number of hydrogen-bond donors (Lipinski definition) is 2. The molecule has 0 radical (unpaired) electrons. The summed E-state index contributed by atoms with van der Waals surface area (Å²) >= 11 is 0. The second kappa shape index (κ2) is 5.61. The van der Waals surface area contributed by atoms with Crippen LogP contribution >= 0.6 is 0 Å². The average molecular weight is 296 g/mol. The van der Waals surface area contributed by atoms with E-state index in [0.29, 0.717) is 33.9 Å². The van der Waals surface area contributed by atoms with Gasteiger partial charge < -0.3 is 19.4 Å². The Kier molecular flexibility index (Phi) is 3.50. The minimum Gasteiger partial charge on any atom is -0.496 e. The van der Waals surface area contributed by atoms with Gasteiger partial charge >= 0.3 is 0 Å². The number of benzene rings is 1. The highest BCUT2D eigenvalue weighted by molar-refractivity contribution is 5.79. The molecule has 2 N–H and O–H groups in total. The van der Waals surface area contributed by atoms with Gasteiger partial charge in [0.2, 0.25) is 0 Å². The zero-order valence-corrected chi connectivity index (χ0v) is 11.7. The molecule has 0 aliphatic carbocycles. The van der Waals surface area contributed by atoms with Crippen molar-refractivity contribution in [3.63, 3.8) is 0 Å². The number of nitrogens with zero attached hydrogens (tertiary/aromatic N) is 2. The van der Waals surface area contributed by atoms with Gasteiger partial charge in [0.15, 0.2) is 12.1 Å². The van der Waals surface area contributed by atoms with Gasteiger partial charge in [-0.25, -0.2) is 4.98 Å². The van der Waals surface area contributed by atoms with Gasteiger partial charge in [0.25, 0.3) is 5.56 Å². The zero-order chi connectivity index (χ0) is 15.5. The van der Waals surface area contributed by atoms with Crippen molar-refractivity contribution in [2.45, 2.75) is 0 Å². The summed E-state index contributed by atoms with van der Waals surface area (Å²) in [5.41, 5.74) is 1.42. The number of rotatable bonds is 4. The number of pyridine rings is 1. The molecule has 1 aromatic carbocycles. The Morgan fingerprint density at radius 2 is 2.23 bits per heavy atom. The number of fused-ring (bicyclic) bond motifs is 1. The molecule has 0 fully saturated rings. The number of nitriles is 1. The molecule has 0 atom stereocenters. The number of hydrogen-bond acceptors (Lipinski definition) is 5. The largest absolute Gasteiger partial charge is 0.496 e. The van der Waals surface area contributed by atoms with Crippen LogP contribution < -0.4 is 15.0 Å². The third kappa shape index (κ3) is 2.38. The first-order valence-corrected chi connectivity index (χ1v) is 6.48. The van der Waals surface area contributed by atoms with Crippen molar-refractivity contribution >= 4 is 11.0 Å². The first-order valence-electron chi connectivity index (χ1n) is 6.48. The molecule has 0 unspecified atom stereocenters. The Bertz CT molecular complexity index is 920. The van der Waals surface area contributed by atoms with Crippen LogP contribution in [0.3, 0.4) is 0 Å². The van der Waals surface area contributed by atoms with E-state index in [1.54, 1.807) is 30.5 Å². The monoisotopic (exact) mass is 296 g/mol. The summed E-state index contributed by atoms with van der Waals surface area (Å²) < 4.78 is 10.6. The predicted octanol–water partition coefficient (Wildman–Crippen LogP) is 1.83. The van der Waals surface area contributed by atoms with Crippen LogP contribution in [0.2, 0.25) is 0 Å². The van der Waals surface area contributed by atoms with Gasteiger partial charge in [-0.1, -0.05) is 0 Å². The van der Waals surface area contributed by atoms with E-state index >= 15 is 0 Å². The van der Waals surface area contributed by atoms with Crippen molar-refractivity contribution in [2.75, 3.05) is 13.7 Å². The minimum atomic E-state index is -0.257. The molecular formula is C15H12N4O3. The summed E-state index contributed by atoms with van der Waals surface area (Å²) in [7, 11) is 1.53. The first kappa shape index (κ1) is 13.7. The number of H-pyrrole nitrogens is 2. The normalized spacial score (nSPS) is 10.4. The van der Waals surface area contributed by atoms with Gasteiger partial charge in [-0.15, -0.1) is 0 Å². The lowest BCUT2D eigenvalue weighted by Gasteiger charge is -2.08. The molecule has 0 saturated heterocycles. The lowest BCUT2D eigenvalue weighted by atomic mass is 10.2. The minimum absolute atomic E-state index is 0.0392. The number of imidazole rings is 1. The fourth-order valence-corrected chi connectivity index (χ4v) is 2.15. The third-order valence-electron chi connectivity index (χ3n) is 3.14. The van der Waals surface area contributed by atoms with E-state index in [1.165, 1.54) is 7.11 Å². The van der Waals surface area contributed by atoms with E-state index in [9.17, 15) is 4.79 Å². The maximum atomic E-state index is 11.7. The quantitative estimate of drug-likeness (QED) is 0.764. The maximum absolute atomic E-state index is 11.7. The van der Waals surface area contributed by atoms with Gasteiger partial charge in [0, 0.05) is 12.3 Å². The lowest BCUT2D eigenvalue weighted by Crippen LogP contribution is -2.03. The molecule has 7 heteroatoms. The Labute approximate surface area is 125 Å². The molecule has 7 nitrogen and oxygen atoms in total. The van der Waals surface area contributed by atoms with Gasteiger partial charge in [0.1, 0.15) is 23.4 Å². The van der Waals surface area contributed by atoms with E-state index in [-0.39, 0.29) is 12.2 Å². The standard InChI is InChI=1S/C15H12N4O3/c1-21-12-8-9(22-7-5-16)2-3-10(12)14-18-11-4-6-17-15(20)13(11)19-14/h2-4,6,8H,7H2,1H3,(H,17,20)(H,18,19). The van der Waals surface area contributed by atoms with E-state index in [2.05, 4.69) is 15.0 Å². The molecule has 0 amide bonds. The molecule has 0 aliphatic heterocycles. The third-order valence-corrected chi connectivity index (χ3v) is 3.14. The van der Waals surface area contributed by atoms with Gasteiger partial charge in [-0.3, -0.25) is 4.79 Å². The van der Waals surface area contributed by atoms with Crippen LogP contribution in [0.1, 0.15) is 0 Å². The molecular weight excluding hydrogens is 284 g/mol. The topological polar surface area (TPSA) is 104 Å². The number of ether oxygens (including phenoxy) is 2. The molecule has 2 heterocycles. The van der Waals surface area contributed by atoms with E-state index in [1.807, 2.05) is 6.07 Å². The average Bonchev–Trinajstić information content (AvgIpc) is 2.98. The number of methoxy groups -OCH3 is 1. The van der Waals surface area contributed by atoms with Crippen LogP contribution in [0.5, 0.6) is 11.5 Å². The second-order valence-corrected chi connectivity index (χ2v) is 4.46. The molecule has 0 saturated carbocycles. The Morgan fingerprint density at radius 1 is 1.36 bits per heavy atom. The fraction of sp³-hybridized carbons (Fsp3) is 0.133. The Morgan fingerprint density at radius 3 is 2.95 bits per heavy atom. The van der Waals surface area contributed by atoms with Crippen molar-refractivity contribution < 1.29 is 9.47 Å². The van der Waals surface area contributed by atoms with Crippen LogP contribution in [-0.2, 0) is 0 Å². The van der Waals surface area contributed by atoms with Crippen molar-refractivity contribution in [1.82, 2.24) is 15.0 Å². The number of aromatic nitrogens is 3. The fourth-order valence-electron chi connectivity index (χ4n) is 2.15. The maximum Gasteiger partial charge on any atom is 0.276 e. The molecule has 0 aliphatic rings. The highest BCUT2D eigenvalue weighted by Crippen LogP contribution is 2.32. The van der Waals surface area contributed by atoms with Crippen molar-refractivity contribution in [1.29, 1.82) is 5.26 Å². The van der Waals surface area contributed by atoms with Gasteiger partial charge in [-0.2, -0.15) is 5.26 Å². The van der Waals surface area contributed by atoms with Gasteiger partial charge in [-0.05, 0) is 18.2 Å². The van der Waals surface area contributed by atoms with Crippen LogP contribution in [0.15, 0.2) is 35.3 Å². The van der Waals surface area contributed by atoms with E-state index < -0.39 is 0 Å². The summed E-state index contributed by atoms with van der Waals surface area (Å²) in [4.78, 5) is 21.7. The molecule has 3 aromatic rings. The highest BCUT2D eigenvalue weighted by atomic mass is 16.5. The predicted molar refractivity (Wildman–Crippen MR) is 79.8 cm³/mol. The molecule has 22 heavy (non-hydrogen) atoms. The molecule has 0 spiro atoms. The van der Waals surface area contributed by atoms with Crippen molar-refractivity contribution in [3.8, 4) is 29.0 Å². The summed E-state index contributed by atoms with van der Waals surface area (Å²) in [6, 6.07) is 8.79. The summed E-state index contributed by atoms with van der Waals surface area (Å²) in [5, 5.41) is 8.54. The van der Waals surface area contributed by atoms with Gasteiger partial charge in [0.05, 0.1) is 18.2 Å². The first-order chi connectivity index (χ1) is 10.7. The zero-order valence-electron chi connectivity index (χ0n) is 11.7. The van der Waals surface area contributed by atoms with Crippen LogP contribution in [0.4, 0.5) is 0 Å². The number of nitrogens with one attached hydrogen (secondary N) is 2. The van der Waals surface area contributed by atoms with Crippen LogP contribution in [0.25, 0.3) is 22.4 Å². The Hall–Kier alpha value is -3.27. The van der Waals surface area contributed by atoms with Crippen LogP contribution in [0, 0.1) is 11.3 Å². The molecule has 110 valence electrons. The van der Waals surface area contributed by atoms with E-state index in [4.69, 9.17) is 14.7 Å². The summed E-state index contributed by atoms with van der Waals surface area (Å²) in [5.74, 6) is 1.58. The Balaban J connectivity index is 2.08. The summed E-state index contributed by atoms with van der Waals surface area (Å²) in [6.07, 6.45) is 1.56. The highest BCUT2D eigenvalue weighted by Gasteiger charge is 2.13. The SMILES string of the molecule is COc1cc(OCC#N)ccc1-c1nc2c(=O)[nH]ccc2[nH]1. The molecule has 2 aromatic heterocycles. The van der Waals surface area contributed by atoms with Crippen molar-refractivity contribution in [3.05, 3.63) is 40.8 Å². The van der Waals surface area contributed by atoms with Crippen molar-refractivity contribution in [2.24, 2.45) is 0 Å². The molecule has 3 rings (SSSR count).